The second-order valence-corrected chi connectivity index (χ2v) is 4.79. The third kappa shape index (κ3) is 4.81. The number of halogens is 1. The van der Waals surface area contributed by atoms with Gasteiger partial charge in [0.05, 0.1) is 19.2 Å². The maximum atomic E-state index is 13.4. The number of rotatable bonds is 6. The molecule has 0 aliphatic carbocycles. The van der Waals surface area contributed by atoms with Crippen LogP contribution in [0.5, 0.6) is 5.75 Å². The van der Waals surface area contributed by atoms with Gasteiger partial charge in [-0.25, -0.2) is 4.39 Å². The quantitative estimate of drug-likeness (QED) is 0.855. The van der Waals surface area contributed by atoms with Crippen molar-refractivity contribution in [2.45, 2.75) is 6.54 Å². The summed E-state index contributed by atoms with van der Waals surface area (Å²) in [6.45, 7) is 0.113. The molecule has 2 rings (SSSR count). The van der Waals surface area contributed by atoms with E-state index in [9.17, 15) is 14.0 Å². The lowest BCUT2D eigenvalue weighted by Crippen LogP contribution is -2.36. The molecule has 0 saturated carbocycles. The van der Waals surface area contributed by atoms with Crippen molar-refractivity contribution >= 4 is 11.8 Å². The number of benzene rings is 2. The molecule has 120 valence electrons. The lowest BCUT2D eigenvalue weighted by Gasteiger charge is -2.08. The molecule has 2 amide bonds. The predicted octanol–water partition coefficient (Wildman–Crippen LogP) is 1.88. The fourth-order valence-electron chi connectivity index (χ4n) is 1.91. The van der Waals surface area contributed by atoms with Crippen molar-refractivity contribution in [2.75, 3.05) is 13.7 Å². The van der Waals surface area contributed by atoms with Gasteiger partial charge in [0.25, 0.3) is 5.91 Å². The molecule has 0 aromatic heterocycles. The third-order valence-corrected chi connectivity index (χ3v) is 3.18. The lowest BCUT2D eigenvalue weighted by molar-refractivity contribution is -0.120. The van der Waals surface area contributed by atoms with Crippen LogP contribution in [0, 0.1) is 5.82 Å². The SMILES string of the molecule is COc1ccc(CNC(=O)CNC(=O)c2ccccc2F)cc1. The van der Waals surface area contributed by atoms with E-state index in [0.717, 1.165) is 11.3 Å². The van der Waals surface area contributed by atoms with Crippen LogP contribution >= 0.6 is 0 Å². The first kappa shape index (κ1) is 16.5. The van der Waals surface area contributed by atoms with Gasteiger partial charge in [-0.3, -0.25) is 9.59 Å². The topological polar surface area (TPSA) is 67.4 Å². The summed E-state index contributed by atoms with van der Waals surface area (Å²) in [4.78, 5) is 23.5. The molecule has 0 fully saturated rings. The minimum Gasteiger partial charge on any atom is -0.497 e. The lowest BCUT2D eigenvalue weighted by atomic mass is 10.2. The van der Waals surface area contributed by atoms with Gasteiger partial charge < -0.3 is 15.4 Å². The van der Waals surface area contributed by atoms with E-state index in [2.05, 4.69) is 10.6 Å². The van der Waals surface area contributed by atoms with Crippen LogP contribution in [0.1, 0.15) is 15.9 Å². The van der Waals surface area contributed by atoms with Crippen molar-refractivity contribution in [1.29, 1.82) is 0 Å². The van der Waals surface area contributed by atoms with Crippen LogP contribution < -0.4 is 15.4 Å². The molecule has 0 radical (unpaired) electrons. The summed E-state index contributed by atoms with van der Waals surface area (Å²) in [5.41, 5.74) is 0.815. The zero-order valence-corrected chi connectivity index (χ0v) is 12.6. The summed E-state index contributed by atoms with van der Waals surface area (Å²) in [5.74, 6) is -0.867. The van der Waals surface area contributed by atoms with Gasteiger partial charge in [-0.15, -0.1) is 0 Å². The molecule has 0 spiro atoms. The van der Waals surface area contributed by atoms with Gasteiger partial charge in [0.2, 0.25) is 5.91 Å². The highest BCUT2D eigenvalue weighted by atomic mass is 19.1. The predicted molar refractivity (Wildman–Crippen MR) is 83.6 cm³/mol. The minimum atomic E-state index is -0.623. The molecular formula is C17H17FN2O3. The molecule has 0 bridgehead atoms. The van der Waals surface area contributed by atoms with E-state index in [1.54, 1.807) is 25.3 Å². The number of methoxy groups -OCH3 is 1. The Kier molecular flexibility index (Phi) is 5.68. The van der Waals surface area contributed by atoms with E-state index in [0.29, 0.717) is 6.54 Å². The Morgan fingerprint density at radius 1 is 1.04 bits per heavy atom. The van der Waals surface area contributed by atoms with E-state index in [4.69, 9.17) is 4.74 Å². The molecule has 2 N–H and O–H groups in total. The first-order valence-corrected chi connectivity index (χ1v) is 7.02. The van der Waals surface area contributed by atoms with E-state index in [1.165, 1.54) is 18.2 Å². The summed E-state index contributed by atoms with van der Waals surface area (Å²) < 4.78 is 18.5. The number of nitrogens with one attached hydrogen (secondary N) is 2. The summed E-state index contributed by atoms with van der Waals surface area (Å²) in [7, 11) is 1.58. The van der Waals surface area contributed by atoms with Crippen LogP contribution in [0.2, 0.25) is 0 Å². The van der Waals surface area contributed by atoms with E-state index >= 15 is 0 Å². The van der Waals surface area contributed by atoms with Crippen molar-refractivity contribution in [2.24, 2.45) is 0 Å². The summed E-state index contributed by atoms with van der Waals surface area (Å²) in [6, 6.07) is 12.9. The van der Waals surface area contributed by atoms with Gasteiger partial charge in [0.15, 0.2) is 0 Å². The number of carbonyl (C=O) groups is 2. The van der Waals surface area contributed by atoms with Crippen molar-refractivity contribution in [3.05, 3.63) is 65.5 Å². The van der Waals surface area contributed by atoms with E-state index < -0.39 is 11.7 Å². The molecule has 23 heavy (non-hydrogen) atoms. The zero-order valence-electron chi connectivity index (χ0n) is 12.6. The highest BCUT2D eigenvalue weighted by Gasteiger charge is 2.11. The standard InChI is InChI=1S/C17H17FN2O3/c1-23-13-8-6-12(7-9-13)10-19-16(21)11-20-17(22)14-4-2-3-5-15(14)18/h2-9H,10-11H2,1H3,(H,19,21)(H,20,22). The second kappa shape index (κ2) is 7.93. The van der Waals surface area contributed by atoms with Gasteiger partial charge in [0.1, 0.15) is 11.6 Å². The molecule has 0 saturated heterocycles. The third-order valence-electron chi connectivity index (χ3n) is 3.18. The Hall–Kier alpha value is -2.89. The molecule has 6 heteroatoms. The van der Waals surface area contributed by atoms with E-state index in [-0.39, 0.29) is 18.0 Å². The molecule has 0 aliphatic rings. The minimum absolute atomic E-state index is 0.0875. The number of amides is 2. The Morgan fingerprint density at radius 2 is 1.74 bits per heavy atom. The average Bonchev–Trinajstić information content (AvgIpc) is 2.58. The first-order valence-electron chi connectivity index (χ1n) is 7.02. The van der Waals surface area contributed by atoms with Gasteiger partial charge in [-0.2, -0.15) is 0 Å². The van der Waals surface area contributed by atoms with Crippen LogP contribution in [0.15, 0.2) is 48.5 Å². The number of hydrogen-bond acceptors (Lipinski definition) is 3. The van der Waals surface area contributed by atoms with Crippen LogP contribution in [0.3, 0.4) is 0 Å². The molecule has 0 heterocycles. The Morgan fingerprint density at radius 3 is 2.39 bits per heavy atom. The Bertz CT molecular complexity index is 686. The van der Waals surface area contributed by atoms with Gasteiger partial charge in [-0.05, 0) is 29.8 Å². The number of hydrogen-bond donors (Lipinski definition) is 2. The van der Waals surface area contributed by atoms with Gasteiger partial charge in [-0.1, -0.05) is 24.3 Å². The van der Waals surface area contributed by atoms with Crippen LogP contribution in [0.25, 0.3) is 0 Å². The van der Waals surface area contributed by atoms with Crippen molar-refractivity contribution in [3.8, 4) is 5.75 Å². The second-order valence-electron chi connectivity index (χ2n) is 4.79. The van der Waals surface area contributed by atoms with Crippen molar-refractivity contribution < 1.29 is 18.7 Å². The molecular weight excluding hydrogens is 299 g/mol. The zero-order chi connectivity index (χ0) is 16.7. The summed E-state index contributed by atoms with van der Waals surface area (Å²) in [6.07, 6.45) is 0. The summed E-state index contributed by atoms with van der Waals surface area (Å²) >= 11 is 0. The van der Waals surface area contributed by atoms with Crippen LogP contribution in [-0.2, 0) is 11.3 Å². The average molecular weight is 316 g/mol. The fraction of sp³-hybridized carbons (Fsp3) is 0.176. The monoisotopic (exact) mass is 316 g/mol. The fourth-order valence-corrected chi connectivity index (χ4v) is 1.91. The smallest absolute Gasteiger partial charge is 0.254 e. The highest BCUT2D eigenvalue weighted by molar-refractivity contribution is 5.96. The maximum absolute atomic E-state index is 13.4. The highest BCUT2D eigenvalue weighted by Crippen LogP contribution is 2.10. The normalized spacial score (nSPS) is 10.0. The van der Waals surface area contributed by atoms with Crippen molar-refractivity contribution in [3.63, 3.8) is 0 Å². The van der Waals surface area contributed by atoms with Gasteiger partial charge in [0, 0.05) is 6.54 Å². The Balaban J connectivity index is 1.78. The van der Waals surface area contributed by atoms with Crippen LogP contribution in [-0.4, -0.2) is 25.5 Å². The van der Waals surface area contributed by atoms with Crippen molar-refractivity contribution in [1.82, 2.24) is 10.6 Å². The molecule has 0 aliphatic heterocycles. The largest absolute Gasteiger partial charge is 0.497 e. The Labute approximate surface area is 133 Å². The van der Waals surface area contributed by atoms with E-state index in [1.807, 2.05) is 12.1 Å². The number of carbonyl (C=O) groups excluding carboxylic acids is 2. The number of ether oxygens (including phenoxy) is 1. The molecule has 0 atom stereocenters. The molecule has 2 aromatic rings. The molecule has 5 nitrogen and oxygen atoms in total. The molecule has 2 aromatic carbocycles. The summed E-state index contributed by atoms with van der Waals surface area (Å²) in [5, 5.41) is 5.05. The van der Waals surface area contributed by atoms with Crippen LogP contribution in [0.4, 0.5) is 4.39 Å². The maximum Gasteiger partial charge on any atom is 0.254 e. The van der Waals surface area contributed by atoms with Gasteiger partial charge >= 0.3 is 0 Å². The first-order chi connectivity index (χ1) is 11.1. The molecule has 0 unspecified atom stereocenters.